The number of hydrogen-bond donors (Lipinski definition) is 3. The maximum atomic E-state index is 14.9. The van der Waals surface area contributed by atoms with E-state index in [9.17, 15) is 9.18 Å². The van der Waals surface area contributed by atoms with Gasteiger partial charge in [-0.2, -0.15) is 0 Å². The molecule has 0 bridgehead atoms. The van der Waals surface area contributed by atoms with Crippen LogP contribution in [0.15, 0.2) is 42.7 Å². The van der Waals surface area contributed by atoms with Crippen LogP contribution < -0.4 is 16.4 Å². The second kappa shape index (κ2) is 10.1. The summed E-state index contributed by atoms with van der Waals surface area (Å²) >= 11 is 6.36. The number of carbonyl (C=O) groups is 1. The van der Waals surface area contributed by atoms with Gasteiger partial charge in [-0.1, -0.05) is 17.7 Å². The van der Waals surface area contributed by atoms with E-state index in [1.165, 1.54) is 12.1 Å². The molecule has 0 aliphatic carbocycles. The number of aryl methyl sites for hydroxylation is 1. The molecule has 1 atom stereocenters. The Kier molecular flexibility index (Phi) is 7.58. The molecular formula is C22H28ClFN4O. The third kappa shape index (κ3) is 5.32. The molecule has 156 valence electrons. The van der Waals surface area contributed by atoms with Crippen molar-refractivity contribution in [2.24, 2.45) is 11.7 Å². The van der Waals surface area contributed by atoms with E-state index in [-0.39, 0.29) is 10.6 Å². The van der Waals surface area contributed by atoms with Gasteiger partial charge >= 0.3 is 0 Å². The van der Waals surface area contributed by atoms with Gasteiger partial charge in [0.25, 0.3) is 0 Å². The predicted octanol–water partition coefficient (Wildman–Crippen LogP) is 3.17. The van der Waals surface area contributed by atoms with Crippen LogP contribution in [-0.4, -0.2) is 30.5 Å². The highest BCUT2D eigenvalue weighted by Crippen LogP contribution is 2.35. The Hall–Kier alpha value is -2.02. The molecule has 1 saturated heterocycles. The number of rotatable bonds is 9. The monoisotopic (exact) mass is 418 g/mol. The van der Waals surface area contributed by atoms with E-state index in [0.29, 0.717) is 25.3 Å². The Morgan fingerprint density at radius 2 is 2.00 bits per heavy atom. The molecule has 0 saturated carbocycles. The van der Waals surface area contributed by atoms with Crippen LogP contribution in [0.1, 0.15) is 36.8 Å². The fraction of sp³-hybridized carbons (Fsp3) is 0.455. The summed E-state index contributed by atoms with van der Waals surface area (Å²) in [4.78, 5) is 16.8. The van der Waals surface area contributed by atoms with Gasteiger partial charge in [0.05, 0.1) is 0 Å². The highest BCUT2D eigenvalue weighted by Gasteiger charge is 2.41. The molecule has 1 fully saturated rings. The van der Waals surface area contributed by atoms with Crippen molar-refractivity contribution in [1.82, 2.24) is 15.6 Å². The number of primary amides is 1. The minimum atomic E-state index is -1.38. The molecule has 1 aliphatic rings. The van der Waals surface area contributed by atoms with Crippen molar-refractivity contribution in [3.05, 3.63) is 64.7 Å². The molecule has 29 heavy (non-hydrogen) atoms. The summed E-state index contributed by atoms with van der Waals surface area (Å²) < 4.78 is 14.9. The number of halogens is 2. The van der Waals surface area contributed by atoms with E-state index in [1.807, 2.05) is 12.1 Å². The summed E-state index contributed by atoms with van der Waals surface area (Å²) in [6.45, 7) is 2.58. The Morgan fingerprint density at radius 3 is 2.66 bits per heavy atom. The number of piperidine rings is 1. The minimum absolute atomic E-state index is 0.133. The smallest absolute Gasteiger partial charge is 0.242 e. The van der Waals surface area contributed by atoms with Crippen LogP contribution in [0.2, 0.25) is 5.02 Å². The highest BCUT2D eigenvalue weighted by atomic mass is 35.5. The topological polar surface area (TPSA) is 80.0 Å². The zero-order chi connectivity index (χ0) is 20.7. The average molecular weight is 419 g/mol. The minimum Gasteiger partial charge on any atom is -0.368 e. The van der Waals surface area contributed by atoms with Crippen molar-refractivity contribution < 1.29 is 9.18 Å². The van der Waals surface area contributed by atoms with E-state index in [2.05, 4.69) is 15.6 Å². The molecule has 1 aromatic carbocycles. The van der Waals surface area contributed by atoms with Gasteiger partial charge in [0.1, 0.15) is 11.4 Å². The number of nitrogens with two attached hydrogens (primary N) is 1. The molecule has 1 aliphatic heterocycles. The molecule has 3 rings (SSSR count). The molecule has 0 radical (unpaired) electrons. The lowest BCUT2D eigenvalue weighted by molar-refractivity contribution is -0.125. The van der Waals surface area contributed by atoms with E-state index < -0.39 is 17.3 Å². The van der Waals surface area contributed by atoms with E-state index >= 15 is 0 Å². The molecule has 1 aromatic heterocycles. The zero-order valence-corrected chi connectivity index (χ0v) is 17.2. The van der Waals surface area contributed by atoms with Crippen LogP contribution in [0.25, 0.3) is 0 Å². The molecule has 1 unspecified atom stereocenters. The third-order valence-corrected chi connectivity index (χ3v) is 6.10. The molecule has 4 N–H and O–H groups in total. The van der Waals surface area contributed by atoms with Crippen molar-refractivity contribution in [3.63, 3.8) is 0 Å². The second-order valence-corrected chi connectivity index (χ2v) is 8.04. The van der Waals surface area contributed by atoms with Gasteiger partial charge in [-0.05, 0) is 87.5 Å². The first-order valence-electron chi connectivity index (χ1n) is 10.1. The van der Waals surface area contributed by atoms with Crippen molar-refractivity contribution >= 4 is 17.5 Å². The maximum Gasteiger partial charge on any atom is 0.242 e. The number of nitrogens with zero attached hydrogens (tertiary/aromatic N) is 1. The summed E-state index contributed by atoms with van der Waals surface area (Å²) in [6, 6.07) is 8.21. The van der Waals surface area contributed by atoms with Gasteiger partial charge in [0.2, 0.25) is 5.91 Å². The van der Waals surface area contributed by atoms with Crippen LogP contribution in [0.5, 0.6) is 0 Å². The molecule has 5 nitrogen and oxygen atoms in total. The SMILES string of the molecule is NC(=O)C(CCc1ccncc1)(NCCC1CCNCC1)c1c(F)cccc1Cl. The number of amides is 1. The van der Waals surface area contributed by atoms with Crippen LogP contribution in [0.3, 0.4) is 0 Å². The van der Waals surface area contributed by atoms with Crippen LogP contribution in [0.4, 0.5) is 4.39 Å². The van der Waals surface area contributed by atoms with Crippen molar-refractivity contribution in [2.45, 2.75) is 37.6 Å². The van der Waals surface area contributed by atoms with Gasteiger partial charge in [-0.15, -0.1) is 0 Å². The van der Waals surface area contributed by atoms with E-state index in [1.54, 1.807) is 18.5 Å². The first-order valence-corrected chi connectivity index (χ1v) is 10.5. The number of carbonyl (C=O) groups excluding carboxylic acids is 1. The Morgan fingerprint density at radius 1 is 1.28 bits per heavy atom. The lowest BCUT2D eigenvalue weighted by atomic mass is 9.82. The number of hydrogen-bond acceptors (Lipinski definition) is 4. The molecule has 1 amide bonds. The van der Waals surface area contributed by atoms with Crippen molar-refractivity contribution in [1.29, 1.82) is 0 Å². The lowest BCUT2D eigenvalue weighted by Gasteiger charge is -2.34. The standard InChI is InChI=1S/C22H28ClFN4O/c23-18-2-1-3-19(24)20(18)22(21(25)29,10-4-16-5-11-26-12-6-16)28-15-9-17-7-13-27-14-8-17/h1-3,5-6,11-12,17,27-28H,4,7-10,13-15H2,(H2,25,29). The molecule has 2 aromatic rings. The number of pyridine rings is 1. The summed E-state index contributed by atoms with van der Waals surface area (Å²) in [5.74, 6) is -0.574. The average Bonchev–Trinajstić information content (AvgIpc) is 2.72. The van der Waals surface area contributed by atoms with Gasteiger partial charge in [0.15, 0.2) is 0 Å². The van der Waals surface area contributed by atoms with Crippen LogP contribution in [-0.2, 0) is 16.8 Å². The number of aromatic nitrogens is 1. The first kappa shape index (κ1) is 21.7. The summed E-state index contributed by atoms with van der Waals surface area (Å²) in [6.07, 6.45) is 7.34. The second-order valence-electron chi connectivity index (χ2n) is 7.63. The molecule has 2 heterocycles. The third-order valence-electron chi connectivity index (χ3n) is 5.79. The lowest BCUT2D eigenvalue weighted by Crippen LogP contribution is -2.54. The van der Waals surface area contributed by atoms with Gasteiger partial charge in [0, 0.05) is 23.0 Å². The quantitative estimate of drug-likeness (QED) is 0.584. The number of benzene rings is 1. The van der Waals surface area contributed by atoms with Crippen molar-refractivity contribution in [3.8, 4) is 0 Å². The summed E-state index contributed by atoms with van der Waals surface area (Å²) in [5.41, 5.74) is 5.63. The number of nitrogens with one attached hydrogen (secondary N) is 2. The maximum absolute atomic E-state index is 14.9. The Labute approximate surface area is 176 Å². The summed E-state index contributed by atoms with van der Waals surface area (Å²) in [5, 5.41) is 6.87. The molecular weight excluding hydrogens is 391 g/mol. The van der Waals surface area contributed by atoms with E-state index in [0.717, 1.165) is 37.9 Å². The fourth-order valence-corrected chi connectivity index (χ4v) is 4.41. The summed E-state index contributed by atoms with van der Waals surface area (Å²) in [7, 11) is 0. The Bertz CT molecular complexity index is 793. The van der Waals surface area contributed by atoms with Gasteiger partial charge in [-0.3, -0.25) is 15.1 Å². The molecule has 0 spiro atoms. The first-order chi connectivity index (χ1) is 14.0. The van der Waals surface area contributed by atoms with Crippen LogP contribution in [0, 0.1) is 11.7 Å². The largest absolute Gasteiger partial charge is 0.368 e. The van der Waals surface area contributed by atoms with E-state index in [4.69, 9.17) is 17.3 Å². The highest BCUT2D eigenvalue weighted by molar-refractivity contribution is 6.31. The van der Waals surface area contributed by atoms with Crippen LogP contribution >= 0.6 is 11.6 Å². The zero-order valence-electron chi connectivity index (χ0n) is 16.5. The predicted molar refractivity (Wildman–Crippen MR) is 113 cm³/mol. The van der Waals surface area contributed by atoms with Gasteiger partial charge < -0.3 is 11.1 Å². The van der Waals surface area contributed by atoms with Gasteiger partial charge in [-0.25, -0.2) is 4.39 Å². The molecule has 7 heteroatoms. The fourth-order valence-electron chi connectivity index (χ4n) is 4.08. The normalized spacial score (nSPS) is 17.0. The van der Waals surface area contributed by atoms with Crippen molar-refractivity contribution in [2.75, 3.05) is 19.6 Å². The Balaban J connectivity index is 1.86.